The topological polar surface area (TPSA) is 52.6 Å². The van der Waals surface area contributed by atoms with Crippen molar-refractivity contribution < 1.29 is 9.90 Å². The van der Waals surface area contributed by atoms with Crippen LogP contribution >= 0.6 is 0 Å². The van der Waals surface area contributed by atoms with Crippen molar-refractivity contribution in [3.63, 3.8) is 0 Å². The number of nitrogens with one attached hydrogen (secondary N) is 1. The molecule has 2 N–H and O–H groups in total. The van der Waals surface area contributed by atoms with E-state index in [2.05, 4.69) is 37.4 Å². The Kier molecular flexibility index (Phi) is 6.25. The number of aryl methyl sites for hydroxylation is 2. The van der Waals surface area contributed by atoms with Crippen LogP contribution in [0.2, 0.25) is 0 Å². The van der Waals surface area contributed by atoms with Crippen molar-refractivity contribution in [3.8, 4) is 0 Å². The van der Waals surface area contributed by atoms with Gasteiger partial charge in [-0.1, -0.05) is 29.3 Å². The highest BCUT2D eigenvalue weighted by molar-refractivity contribution is 5.74. The number of hydrogen-bond acceptors (Lipinski definition) is 2. The van der Waals surface area contributed by atoms with E-state index in [1.807, 2.05) is 4.90 Å². The Balaban J connectivity index is 1.83. The number of aliphatic hydroxyl groups excluding tert-OH is 1. The standard InChI is InChI=1S/C18H28N2O2/c1-14-11-15(2)13-16(12-14)6-8-19-18(22)20-9-4-3-5-17(20)7-10-21/h11-13,17,21H,3-10H2,1-2H3,(H,19,22). The Morgan fingerprint density at radius 3 is 2.68 bits per heavy atom. The van der Waals surface area contributed by atoms with Crippen molar-refractivity contribution in [2.75, 3.05) is 19.7 Å². The smallest absolute Gasteiger partial charge is 0.317 e. The molecular weight excluding hydrogens is 276 g/mol. The fourth-order valence-corrected chi connectivity index (χ4v) is 3.35. The molecular formula is C18H28N2O2. The minimum absolute atomic E-state index is 0.0162. The van der Waals surface area contributed by atoms with E-state index < -0.39 is 0 Å². The van der Waals surface area contributed by atoms with E-state index in [4.69, 9.17) is 5.11 Å². The Morgan fingerprint density at radius 1 is 1.27 bits per heavy atom. The van der Waals surface area contributed by atoms with Crippen LogP contribution in [0, 0.1) is 13.8 Å². The SMILES string of the molecule is Cc1cc(C)cc(CCNC(=O)N2CCCCC2CCO)c1. The van der Waals surface area contributed by atoms with Gasteiger partial charge in [0.2, 0.25) is 0 Å². The summed E-state index contributed by atoms with van der Waals surface area (Å²) in [6.07, 6.45) is 4.76. The summed E-state index contributed by atoms with van der Waals surface area (Å²) in [5, 5.41) is 12.2. The zero-order valence-corrected chi connectivity index (χ0v) is 13.8. The first-order valence-electron chi connectivity index (χ1n) is 8.32. The van der Waals surface area contributed by atoms with E-state index in [0.29, 0.717) is 13.0 Å². The van der Waals surface area contributed by atoms with Crippen LogP contribution < -0.4 is 5.32 Å². The van der Waals surface area contributed by atoms with Crippen molar-refractivity contribution in [2.24, 2.45) is 0 Å². The Labute approximate surface area is 133 Å². The molecule has 1 heterocycles. The number of piperidine rings is 1. The van der Waals surface area contributed by atoms with Crippen molar-refractivity contribution in [3.05, 3.63) is 34.9 Å². The highest BCUT2D eigenvalue weighted by Gasteiger charge is 2.25. The molecule has 1 aromatic rings. The number of rotatable bonds is 5. The predicted molar refractivity (Wildman–Crippen MR) is 89.1 cm³/mol. The van der Waals surface area contributed by atoms with Gasteiger partial charge in [0.05, 0.1) is 0 Å². The first-order chi connectivity index (χ1) is 10.6. The average Bonchev–Trinajstić information content (AvgIpc) is 2.47. The molecule has 0 aromatic heterocycles. The molecule has 0 saturated carbocycles. The lowest BCUT2D eigenvalue weighted by molar-refractivity contribution is 0.132. The highest BCUT2D eigenvalue weighted by Crippen LogP contribution is 2.19. The summed E-state index contributed by atoms with van der Waals surface area (Å²) in [6, 6.07) is 6.72. The average molecular weight is 304 g/mol. The lowest BCUT2D eigenvalue weighted by Crippen LogP contribution is -2.49. The number of likely N-dealkylation sites (tertiary alicyclic amines) is 1. The summed E-state index contributed by atoms with van der Waals surface area (Å²) in [5.41, 5.74) is 3.80. The number of carbonyl (C=O) groups excluding carboxylic acids is 1. The number of benzene rings is 1. The molecule has 0 spiro atoms. The van der Waals surface area contributed by atoms with Gasteiger partial charge in [-0.25, -0.2) is 4.79 Å². The lowest BCUT2D eigenvalue weighted by Gasteiger charge is -2.35. The second kappa shape index (κ2) is 8.18. The predicted octanol–water partition coefficient (Wildman–Crippen LogP) is 2.79. The zero-order valence-electron chi connectivity index (χ0n) is 13.8. The van der Waals surface area contributed by atoms with Gasteiger partial charge in [-0.05, 0) is 51.5 Å². The minimum atomic E-state index is 0.0162. The van der Waals surface area contributed by atoms with Crippen LogP contribution in [-0.4, -0.2) is 41.8 Å². The maximum atomic E-state index is 12.3. The molecule has 1 aliphatic rings. The van der Waals surface area contributed by atoms with E-state index in [-0.39, 0.29) is 18.7 Å². The van der Waals surface area contributed by atoms with Gasteiger partial charge in [-0.3, -0.25) is 0 Å². The van der Waals surface area contributed by atoms with Crippen molar-refractivity contribution in [2.45, 2.75) is 52.0 Å². The third-order valence-corrected chi connectivity index (χ3v) is 4.32. The Hall–Kier alpha value is -1.55. The van der Waals surface area contributed by atoms with E-state index in [9.17, 15) is 4.79 Å². The van der Waals surface area contributed by atoms with Gasteiger partial charge < -0.3 is 15.3 Å². The fourth-order valence-electron chi connectivity index (χ4n) is 3.35. The second-order valence-corrected chi connectivity index (χ2v) is 6.33. The van der Waals surface area contributed by atoms with Crippen LogP contribution in [0.4, 0.5) is 4.79 Å². The number of nitrogens with zero attached hydrogens (tertiary/aromatic N) is 1. The van der Waals surface area contributed by atoms with Gasteiger partial charge >= 0.3 is 6.03 Å². The molecule has 4 heteroatoms. The molecule has 0 bridgehead atoms. The van der Waals surface area contributed by atoms with Crippen molar-refractivity contribution in [1.29, 1.82) is 0 Å². The first-order valence-corrected chi connectivity index (χ1v) is 8.32. The van der Waals surface area contributed by atoms with Crippen molar-refractivity contribution >= 4 is 6.03 Å². The zero-order chi connectivity index (χ0) is 15.9. The quantitative estimate of drug-likeness (QED) is 0.879. The molecule has 2 amide bonds. The number of urea groups is 1. The second-order valence-electron chi connectivity index (χ2n) is 6.33. The van der Waals surface area contributed by atoms with Gasteiger partial charge in [-0.2, -0.15) is 0 Å². The van der Waals surface area contributed by atoms with E-state index in [1.54, 1.807) is 0 Å². The van der Waals surface area contributed by atoms with E-state index in [1.165, 1.54) is 16.7 Å². The highest BCUT2D eigenvalue weighted by atomic mass is 16.3. The number of carbonyl (C=O) groups is 1. The molecule has 1 fully saturated rings. The summed E-state index contributed by atoms with van der Waals surface area (Å²) in [6.45, 7) is 5.81. The van der Waals surface area contributed by atoms with Gasteiger partial charge in [0, 0.05) is 25.7 Å². The van der Waals surface area contributed by atoms with Crippen LogP contribution in [0.1, 0.15) is 42.4 Å². The summed E-state index contributed by atoms with van der Waals surface area (Å²) >= 11 is 0. The number of hydrogen-bond donors (Lipinski definition) is 2. The third-order valence-electron chi connectivity index (χ3n) is 4.32. The minimum Gasteiger partial charge on any atom is -0.396 e. The van der Waals surface area contributed by atoms with Gasteiger partial charge in [-0.15, -0.1) is 0 Å². The first kappa shape index (κ1) is 16.8. The summed E-state index contributed by atoms with van der Waals surface area (Å²) in [7, 11) is 0. The van der Waals surface area contributed by atoms with Crippen LogP contribution in [0.25, 0.3) is 0 Å². The Morgan fingerprint density at radius 2 is 2.00 bits per heavy atom. The normalized spacial score (nSPS) is 18.3. The fraction of sp³-hybridized carbons (Fsp3) is 0.611. The summed E-state index contributed by atoms with van der Waals surface area (Å²) in [4.78, 5) is 14.2. The molecule has 22 heavy (non-hydrogen) atoms. The molecule has 1 unspecified atom stereocenters. The largest absolute Gasteiger partial charge is 0.396 e. The maximum absolute atomic E-state index is 12.3. The monoisotopic (exact) mass is 304 g/mol. The van der Waals surface area contributed by atoms with E-state index in [0.717, 1.165) is 32.2 Å². The number of amides is 2. The lowest BCUT2D eigenvalue weighted by atomic mass is 10.00. The third kappa shape index (κ3) is 4.73. The molecule has 1 aromatic carbocycles. The van der Waals surface area contributed by atoms with Crippen LogP contribution in [0.3, 0.4) is 0 Å². The summed E-state index contributed by atoms with van der Waals surface area (Å²) in [5.74, 6) is 0. The molecule has 122 valence electrons. The van der Waals surface area contributed by atoms with E-state index >= 15 is 0 Å². The van der Waals surface area contributed by atoms with Gasteiger partial charge in [0.1, 0.15) is 0 Å². The molecule has 0 radical (unpaired) electrons. The van der Waals surface area contributed by atoms with Crippen molar-refractivity contribution in [1.82, 2.24) is 10.2 Å². The van der Waals surface area contributed by atoms with Gasteiger partial charge in [0.25, 0.3) is 0 Å². The van der Waals surface area contributed by atoms with Gasteiger partial charge in [0.15, 0.2) is 0 Å². The molecule has 0 aliphatic carbocycles. The van der Waals surface area contributed by atoms with Crippen LogP contribution in [0.5, 0.6) is 0 Å². The van der Waals surface area contributed by atoms with Crippen LogP contribution in [0.15, 0.2) is 18.2 Å². The molecule has 1 saturated heterocycles. The van der Waals surface area contributed by atoms with Crippen LogP contribution in [-0.2, 0) is 6.42 Å². The molecule has 1 aliphatic heterocycles. The maximum Gasteiger partial charge on any atom is 0.317 e. The molecule has 4 nitrogen and oxygen atoms in total. The molecule has 2 rings (SSSR count). The number of aliphatic hydroxyl groups is 1. The summed E-state index contributed by atoms with van der Waals surface area (Å²) < 4.78 is 0. The Bertz CT molecular complexity index is 480. The molecule has 1 atom stereocenters.